The molecule has 1 fully saturated rings. The number of benzene rings is 1. The quantitative estimate of drug-likeness (QED) is 0.755. The molecule has 1 aromatic carbocycles. The van der Waals surface area contributed by atoms with Crippen LogP contribution in [0.15, 0.2) is 24.3 Å². The van der Waals surface area contributed by atoms with Crippen molar-refractivity contribution < 1.29 is 4.55 Å². The molecule has 1 aromatic rings. The maximum Gasteiger partial charge on any atom is 0.153 e. The Balaban J connectivity index is 2.15. The van der Waals surface area contributed by atoms with Crippen molar-refractivity contribution in [1.29, 1.82) is 0 Å². The van der Waals surface area contributed by atoms with E-state index in [0.717, 1.165) is 18.8 Å². The zero-order valence-corrected chi connectivity index (χ0v) is 11.7. The van der Waals surface area contributed by atoms with Crippen molar-refractivity contribution in [1.82, 2.24) is 4.90 Å². The zero-order chi connectivity index (χ0) is 12.4. The number of hydrogen-bond acceptors (Lipinski definition) is 2. The van der Waals surface area contributed by atoms with Crippen molar-refractivity contribution in [3.05, 3.63) is 35.4 Å². The molecule has 0 spiro atoms. The molecule has 1 heterocycles. The predicted octanol–water partition coefficient (Wildman–Crippen LogP) is 2.55. The summed E-state index contributed by atoms with van der Waals surface area (Å²) in [5.74, 6) is 1.36. The van der Waals surface area contributed by atoms with Gasteiger partial charge in [0.05, 0.1) is 6.54 Å². The minimum atomic E-state index is -0.709. The normalized spacial score (nSPS) is 26.4. The minimum Gasteiger partial charge on any atom is -0.616 e. The van der Waals surface area contributed by atoms with E-state index >= 15 is 0 Å². The van der Waals surface area contributed by atoms with Crippen LogP contribution >= 0.6 is 0 Å². The fourth-order valence-electron chi connectivity index (χ4n) is 2.20. The summed E-state index contributed by atoms with van der Waals surface area (Å²) in [7, 11) is 2.10. The molecule has 1 saturated heterocycles. The molecule has 3 heteroatoms. The van der Waals surface area contributed by atoms with E-state index in [1.165, 1.54) is 11.1 Å². The first-order valence-electron chi connectivity index (χ1n) is 6.23. The van der Waals surface area contributed by atoms with Gasteiger partial charge in [0.15, 0.2) is 5.25 Å². The average molecular weight is 251 g/mol. The second kappa shape index (κ2) is 5.42. The Morgan fingerprint density at radius 1 is 1.29 bits per heavy atom. The van der Waals surface area contributed by atoms with Gasteiger partial charge in [-0.2, -0.15) is 0 Å². The summed E-state index contributed by atoms with van der Waals surface area (Å²) in [5, 5.41) is 0.190. The van der Waals surface area contributed by atoms with E-state index in [2.05, 4.69) is 50.1 Å². The predicted molar refractivity (Wildman–Crippen MR) is 73.8 cm³/mol. The van der Waals surface area contributed by atoms with E-state index in [0.29, 0.717) is 5.92 Å². The van der Waals surface area contributed by atoms with Crippen LogP contribution in [0.1, 0.15) is 36.1 Å². The van der Waals surface area contributed by atoms with Gasteiger partial charge in [-0.3, -0.25) is 4.90 Å². The number of hydrogen-bond donors (Lipinski definition) is 0. The lowest BCUT2D eigenvalue weighted by molar-refractivity contribution is 0.333. The maximum absolute atomic E-state index is 12.0. The first kappa shape index (κ1) is 12.9. The van der Waals surface area contributed by atoms with E-state index in [4.69, 9.17) is 0 Å². The largest absolute Gasteiger partial charge is 0.616 e. The average Bonchev–Trinajstić information content (AvgIpc) is 2.32. The molecule has 0 saturated carbocycles. The highest BCUT2D eigenvalue weighted by molar-refractivity contribution is 7.91. The summed E-state index contributed by atoms with van der Waals surface area (Å²) in [5.41, 5.74) is 2.57. The van der Waals surface area contributed by atoms with Gasteiger partial charge in [0.25, 0.3) is 0 Å². The molecule has 2 unspecified atom stereocenters. The number of nitrogens with zero attached hydrogens (tertiary/aromatic N) is 1. The molecule has 1 aliphatic heterocycles. The van der Waals surface area contributed by atoms with Gasteiger partial charge in [-0.1, -0.05) is 38.1 Å². The lowest BCUT2D eigenvalue weighted by atomic mass is 10.0. The highest BCUT2D eigenvalue weighted by Crippen LogP contribution is 2.28. The lowest BCUT2D eigenvalue weighted by Crippen LogP contribution is -2.40. The Hall–Kier alpha value is -0.510. The molecule has 17 heavy (non-hydrogen) atoms. The fraction of sp³-hybridized carbons (Fsp3) is 0.571. The van der Waals surface area contributed by atoms with Crippen LogP contribution in [0.5, 0.6) is 0 Å². The molecule has 2 rings (SSSR count). The third-order valence-corrected chi connectivity index (χ3v) is 5.08. The van der Waals surface area contributed by atoms with Crippen molar-refractivity contribution in [3.8, 4) is 0 Å². The smallest absolute Gasteiger partial charge is 0.153 e. The van der Waals surface area contributed by atoms with Crippen LogP contribution in [0, 0.1) is 0 Å². The first-order valence-corrected chi connectivity index (χ1v) is 7.61. The molecule has 1 aliphatic rings. The van der Waals surface area contributed by atoms with Crippen molar-refractivity contribution in [2.24, 2.45) is 0 Å². The molecular weight excluding hydrogens is 230 g/mol. The lowest BCUT2D eigenvalue weighted by Gasteiger charge is -2.32. The van der Waals surface area contributed by atoms with Crippen LogP contribution in [0.3, 0.4) is 0 Å². The summed E-state index contributed by atoms with van der Waals surface area (Å²) < 4.78 is 12.0. The van der Waals surface area contributed by atoms with Gasteiger partial charge in [-0.25, -0.2) is 0 Å². The minimum absolute atomic E-state index is 0.190. The van der Waals surface area contributed by atoms with Gasteiger partial charge in [-0.15, -0.1) is 0 Å². The zero-order valence-electron chi connectivity index (χ0n) is 10.8. The monoisotopic (exact) mass is 251 g/mol. The molecule has 0 N–H and O–H groups in total. The van der Waals surface area contributed by atoms with Crippen LogP contribution in [0.2, 0.25) is 0 Å². The number of rotatable bonds is 2. The summed E-state index contributed by atoms with van der Waals surface area (Å²) in [6.07, 6.45) is 0. The van der Waals surface area contributed by atoms with Crippen molar-refractivity contribution in [3.63, 3.8) is 0 Å². The van der Waals surface area contributed by atoms with Crippen molar-refractivity contribution in [2.45, 2.75) is 25.0 Å². The standard InChI is InChI=1S/C14H21NOS/c1-11(2)12-4-6-13(7-5-12)14-10-15(3)8-9-17(14)16/h4-7,11,14H,8-10H2,1-3H3. The molecule has 0 amide bonds. The second-order valence-corrected chi connectivity index (χ2v) is 6.90. The van der Waals surface area contributed by atoms with E-state index in [1.807, 2.05) is 0 Å². The fourth-order valence-corrected chi connectivity index (χ4v) is 3.86. The summed E-state index contributed by atoms with van der Waals surface area (Å²) in [6, 6.07) is 8.64. The SMILES string of the molecule is CC(C)c1ccc(C2CN(C)CC[S+]2[O-])cc1. The van der Waals surface area contributed by atoms with Gasteiger partial charge in [-0.05, 0) is 29.7 Å². The topological polar surface area (TPSA) is 26.3 Å². The summed E-state index contributed by atoms with van der Waals surface area (Å²) in [4.78, 5) is 2.27. The highest BCUT2D eigenvalue weighted by Gasteiger charge is 2.30. The van der Waals surface area contributed by atoms with Crippen LogP contribution in [-0.2, 0) is 11.2 Å². The molecule has 0 radical (unpaired) electrons. The first-order chi connectivity index (χ1) is 8.08. The van der Waals surface area contributed by atoms with Gasteiger partial charge in [0.1, 0.15) is 5.75 Å². The van der Waals surface area contributed by atoms with Gasteiger partial charge >= 0.3 is 0 Å². The molecular formula is C14H21NOS. The molecule has 2 atom stereocenters. The highest BCUT2D eigenvalue weighted by atomic mass is 32.2. The number of likely N-dealkylation sites (N-methyl/N-ethyl adjacent to an activating group) is 1. The Morgan fingerprint density at radius 3 is 2.53 bits per heavy atom. The van der Waals surface area contributed by atoms with E-state index < -0.39 is 11.2 Å². The Morgan fingerprint density at radius 2 is 1.94 bits per heavy atom. The van der Waals surface area contributed by atoms with Crippen LogP contribution in [0.25, 0.3) is 0 Å². The summed E-state index contributed by atoms with van der Waals surface area (Å²) >= 11 is -0.709. The Kier molecular flexibility index (Phi) is 4.13. The Labute approximate surface area is 107 Å². The van der Waals surface area contributed by atoms with Crippen LogP contribution < -0.4 is 0 Å². The van der Waals surface area contributed by atoms with E-state index in [9.17, 15) is 4.55 Å². The summed E-state index contributed by atoms with van der Waals surface area (Å²) in [6.45, 7) is 6.25. The molecule has 0 bridgehead atoms. The van der Waals surface area contributed by atoms with Gasteiger partial charge < -0.3 is 4.55 Å². The van der Waals surface area contributed by atoms with E-state index in [-0.39, 0.29) is 5.25 Å². The van der Waals surface area contributed by atoms with Crippen molar-refractivity contribution >= 4 is 11.2 Å². The van der Waals surface area contributed by atoms with Crippen molar-refractivity contribution in [2.75, 3.05) is 25.9 Å². The van der Waals surface area contributed by atoms with Crippen LogP contribution in [0.4, 0.5) is 0 Å². The Bertz CT molecular complexity index is 363. The van der Waals surface area contributed by atoms with Gasteiger partial charge in [0.2, 0.25) is 0 Å². The third kappa shape index (κ3) is 3.03. The maximum atomic E-state index is 12.0. The van der Waals surface area contributed by atoms with E-state index in [1.54, 1.807) is 0 Å². The molecule has 0 aromatic heterocycles. The second-order valence-electron chi connectivity index (χ2n) is 5.16. The van der Waals surface area contributed by atoms with Crippen LogP contribution in [-0.4, -0.2) is 35.3 Å². The third-order valence-electron chi connectivity index (χ3n) is 3.44. The molecule has 2 nitrogen and oxygen atoms in total. The molecule has 0 aliphatic carbocycles. The van der Waals surface area contributed by atoms with Gasteiger partial charge in [0, 0.05) is 12.1 Å². The molecule has 94 valence electrons.